The summed E-state index contributed by atoms with van der Waals surface area (Å²) in [6, 6.07) is 8.29. The second-order valence-electron chi connectivity index (χ2n) is 3.61. The Morgan fingerprint density at radius 1 is 1.28 bits per heavy atom. The van der Waals surface area contributed by atoms with Gasteiger partial charge in [-0.25, -0.2) is 0 Å². The van der Waals surface area contributed by atoms with E-state index in [1.165, 1.54) is 11.3 Å². The lowest BCUT2D eigenvalue weighted by atomic mass is 10.2. The zero-order valence-corrected chi connectivity index (χ0v) is 13.3. The van der Waals surface area contributed by atoms with Crippen LogP contribution in [0.3, 0.4) is 0 Å². The quantitative estimate of drug-likeness (QED) is 0.832. The predicted molar refractivity (Wildman–Crippen MR) is 80.6 cm³/mol. The van der Waals surface area contributed by atoms with Crippen molar-refractivity contribution in [1.29, 1.82) is 0 Å². The molecule has 94 valence electrons. The fourth-order valence-corrected chi connectivity index (χ4v) is 3.42. The maximum Gasteiger partial charge on any atom is 0.268 e. The van der Waals surface area contributed by atoms with Crippen molar-refractivity contribution in [1.82, 2.24) is 0 Å². The Labute approximate surface area is 125 Å². The number of phenols is 1. The van der Waals surface area contributed by atoms with Crippen LogP contribution in [0, 0.1) is 0 Å². The largest absolute Gasteiger partial charge is 0.508 e. The maximum absolute atomic E-state index is 12.2. The molecule has 0 bridgehead atoms. The van der Waals surface area contributed by atoms with Crippen molar-refractivity contribution in [3.8, 4) is 5.75 Å². The average molecular weight is 391 g/mol. The number of benzene rings is 1. The third kappa shape index (κ3) is 2.76. The highest BCUT2D eigenvalue weighted by molar-refractivity contribution is 9.13. The van der Waals surface area contributed by atoms with E-state index in [1.807, 2.05) is 0 Å². The van der Waals surface area contributed by atoms with E-state index in [2.05, 4.69) is 31.9 Å². The molecule has 0 aliphatic carbocycles. The van der Waals surface area contributed by atoms with Gasteiger partial charge in [0.2, 0.25) is 0 Å². The molecule has 0 fully saturated rings. The maximum atomic E-state index is 12.2. The Bertz CT molecular complexity index is 561. The standard InChI is InChI=1S/C12H9Br2NO2S/c1-15(7-2-4-8(16)5-3-7)12(17)10-6-9(13)11(14)18-10/h2-6,16H,1H3. The summed E-state index contributed by atoms with van der Waals surface area (Å²) in [4.78, 5) is 14.4. The fraction of sp³-hybridized carbons (Fsp3) is 0.0833. The summed E-state index contributed by atoms with van der Waals surface area (Å²) >= 11 is 8.10. The van der Waals surface area contributed by atoms with Crippen LogP contribution in [0.1, 0.15) is 9.67 Å². The Kier molecular flexibility index (Phi) is 4.09. The van der Waals surface area contributed by atoms with Gasteiger partial charge in [0.1, 0.15) is 5.75 Å². The van der Waals surface area contributed by atoms with Gasteiger partial charge >= 0.3 is 0 Å². The van der Waals surface area contributed by atoms with E-state index < -0.39 is 0 Å². The number of rotatable bonds is 2. The van der Waals surface area contributed by atoms with Gasteiger partial charge in [0.25, 0.3) is 5.91 Å². The second kappa shape index (κ2) is 5.42. The average Bonchev–Trinajstić information content (AvgIpc) is 2.69. The van der Waals surface area contributed by atoms with Crippen molar-refractivity contribution in [3.05, 3.63) is 43.5 Å². The van der Waals surface area contributed by atoms with E-state index in [9.17, 15) is 9.90 Å². The SMILES string of the molecule is CN(C(=O)c1cc(Br)c(Br)s1)c1ccc(O)cc1. The van der Waals surface area contributed by atoms with Gasteiger partial charge in [-0.15, -0.1) is 11.3 Å². The van der Waals surface area contributed by atoms with E-state index in [0.29, 0.717) is 4.88 Å². The summed E-state index contributed by atoms with van der Waals surface area (Å²) in [5.74, 6) is 0.0956. The number of halogens is 2. The van der Waals surface area contributed by atoms with E-state index in [4.69, 9.17) is 0 Å². The minimum absolute atomic E-state index is 0.0860. The van der Waals surface area contributed by atoms with Crippen LogP contribution in [0.25, 0.3) is 0 Å². The molecule has 0 spiro atoms. The molecule has 0 radical (unpaired) electrons. The minimum Gasteiger partial charge on any atom is -0.508 e. The fourth-order valence-electron chi connectivity index (χ4n) is 1.41. The molecular weight excluding hydrogens is 382 g/mol. The number of amides is 1. The molecule has 3 nitrogen and oxygen atoms in total. The number of carbonyl (C=O) groups is 1. The van der Waals surface area contributed by atoms with Crippen LogP contribution in [-0.2, 0) is 0 Å². The molecule has 0 unspecified atom stereocenters. The van der Waals surface area contributed by atoms with Crippen molar-refractivity contribution in [3.63, 3.8) is 0 Å². The van der Waals surface area contributed by atoms with E-state index in [1.54, 1.807) is 42.3 Å². The van der Waals surface area contributed by atoms with E-state index >= 15 is 0 Å². The zero-order valence-electron chi connectivity index (χ0n) is 9.35. The summed E-state index contributed by atoms with van der Waals surface area (Å²) < 4.78 is 1.76. The monoisotopic (exact) mass is 389 g/mol. The molecule has 1 aromatic heterocycles. The van der Waals surface area contributed by atoms with Gasteiger partial charge in [0.15, 0.2) is 0 Å². The first-order valence-corrected chi connectivity index (χ1v) is 7.41. The number of hydrogen-bond donors (Lipinski definition) is 1. The summed E-state index contributed by atoms with van der Waals surface area (Å²) in [7, 11) is 1.70. The number of anilines is 1. The van der Waals surface area contributed by atoms with Crippen molar-refractivity contribution < 1.29 is 9.90 Å². The molecule has 2 rings (SSSR count). The highest BCUT2D eigenvalue weighted by Gasteiger charge is 2.17. The molecule has 0 atom stereocenters. The molecule has 1 heterocycles. The number of phenolic OH excluding ortho intramolecular Hbond substituents is 1. The smallest absolute Gasteiger partial charge is 0.268 e. The molecule has 0 saturated heterocycles. The Balaban J connectivity index is 2.26. The summed E-state index contributed by atoms with van der Waals surface area (Å²) in [5, 5.41) is 9.22. The lowest BCUT2D eigenvalue weighted by Gasteiger charge is -2.16. The highest BCUT2D eigenvalue weighted by atomic mass is 79.9. The van der Waals surface area contributed by atoms with Gasteiger partial charge in [0, 0.05) is 17.2 Å². The van der Waals surface area contributed by atoms with E-state index in [0.717, 1.165) is 13.9 Å². The number of thiophene rings is 1. The van der Waals surface area contributed by atoms with Crippen LogP contribution in [0.2, 0.25) is 0 Å². The Hall–Kier alpha value is -0.850. The molecule has 6 heteroatoms. The first kappa shape index (κ1) is 13.6. The molecule has 0 saturated carbocycles. The normalized spacial score (nSPS) is 10.4. The number of carbonyl (C=O) groups excluding carboxylic acids is 1. The van der Waals surface area contributed by atoms with Gasteiger partial charge < -0.3 is 10.0 Å². The lowest BCUT2D eigenvalue weighted by Crippen LogP contribution is -2.25. The Morgan fingerprint density at radius 2 is 1.89 bits per heavy atom. The number of aromatic hydroxyl groups is 1. The second-order valence-corrected chi connectivity index (χ2v) is 6.84. The summed E-state index contributed by atoms with van der Waals surface area (Å²) in [6.45, 7) is 0. The van der Waals surface area contributed by atoms with Crippen molar-refractivity contribution in [2.24, 2.45) is 0 Å². The van der Waals surface area contributed by atoms with Crippen LogP contribution >= 0.6 is 43.2 Å². The van der Waals surface area contributed by atoms with Gasteiger partial charge in [-0.05, 0) is 62.2 Å². The van der Waals surface area contributed by atoms with E-state index in [-0.39, 0.29) is 11.7 Å². The molecule has 1 N–H and O–H groups in total. The molecule has 1 aromatic carbocycles. The zero-order chi connectivity index (χ0) is 13.3. The van der Waals surface area contributed by atoms with Crippen LogP contribution in [0.5, 0.6) is 5.75 Å². The van der Waals surface area contributed by atoms with Gasteiger partial charge in [0.05, 0.1) is 8.66 Å². The lowest BCUT2D eigenvalue weighted by molar-refractivity contribution is 0.0997. The summed E-state index contributed by atoms with van der Waals surface area (Å²) in [6.07, 6.45) is 0. The van der Waals surface area contributed by atoms with Crippen molar-refractivity contribution >= 4 is 54.8 Å². The van der Waals surface area contributed by atoms with Gasteiger partial charge in [-0.3, -0.25) is 4.79 Å². The summed E-state index contributed by atoms with van der Waals surface area (Å²) in [5.41, 5.74) is 0.735. The molecular formula is C12H9Br2NO2S. The van der Waals surface area contributed by atoms with Crippen LogP contribution < -0.4 is 4.90 Å². The first-order chi connectivity index (χ1) is 8.49. The van der Waals surface area contributed by atoms with Crippen molar-refractivity contribution in [2.45, 2.75) is 0 Å². The van der Waals surface area contributed by atoms with Crippen molar-refractivity contribution in [2.75, 3.05) is 11.9 Å². The van der Waals surface area contributed by atoms with Crippen LogP contribution in [-0.4, -0.2) is 18.1 Å². The number of nitrogens with zero attached hydrogens (tertiary/aromatic N) is 1. The Morgan fingerprint density at radius 3 is 2.39 bits per heavy atom. The van der Waals surface area contributed by atoms with Gasteiger partial charge in [-0.1, -0.05) is 0 Å². The van der Waals surface area contributed by atoms with Gasteiger partial charge in [-0.2, -0.15) is 0 Å². The molecule has 0 aliphatic rings. The topological polar surface area (TPSA) is 40.5 Å². The molecule has 0 aliphatic heterocycles. The molecule has 2 aromatic rings. The molecule has 1 amide bonds. The van der Waals surface area contributed by atoms with Crippen LogP contribution in [0.4, 0.5) is 5.69 Å². The minimum atomic E-state index is -0.0860. The first-order valence-electron chi connectivity index (χ1n) is 5.01. The predicted octanol–water partition coefficient (Wildman–Crippen LogP) is 4.26. The third-order valence-corrected chi connectivity index (χ3v) is 5.64. The highest BCUT2D eigenvalue weighted by Crippen LogP contribution is 2.33. The molecule has 18 heavy (non-hydrogen) atoms. The van der Waals surface area contributed by atoms with Crippen LogP contribution in [0.15, 0.2) is 38.6 Å². The number of hydrogen-bond acceptors (Lipinski definition) is 3. The third-order valence-electron chi connectivity index (χ3n) is 2.40.